The first-order valence-corrected chi connectivity index (χ1v) is 16.4. The summed E-state index contributed by atoms with van der Waals surface area (Å²) in [6.07, 6.45) is 0. The summed E-state index contributed by atoms with van der Waals surface area (Å²) in [5, 5.41) is 15.3. The lowest BCUT2D eigenvalue weighted by Crippen LogP contribution is -1.93. The van der Waals surface area contributed by atoms with E-state index < -0.39 is 0 Å². The molecule has 0 spiro atoms. The predicted molar refractivity (Wildman–Crippen MR) is 200 cm³/mol. The first-order valence-electron chi connectivity index (χ1n) is 16.4. The summed E-state index contributed by atoms with van der Waals surface area (Å²) in [6.45, 7) is 2.03. The number of aromatic nitrogens is 2. The molecule has 0 aliphatic carbocycles. The van der Waals surface area contributed by atoms with Crippen LogP contribution < -0.4 is 0 Å². The first-order chi connectivity index (χ1) is 24.1. The third kappa shape index (κ3) is 5.30. The highest BCUT2D eigenvalue weighted by Gasteiger charge is 2.14. The van der Waals surface area contributed by atoms with Crippen LogP contribution in [-0.2, 0) is 0 Å². The van der Waals surface area contributed by atoms with Gasteiger partial charge in [-0.3, -0.25) is 4.98 Å². The first kappa shape index (κ1) is 28.7. The van der Waals surface area contributed by atoms with Crippen molar-refractivity contribution in [2.75, 3.05) is 0 Å². The van der Waals surface area contributed by atoms with Crippen molar-refractivity contribution in [2.45, 2.75) is 6.92 Å². The van der Waals surface area contributed by atoms with Crippen molar-refractivity contribution < 1.29 is 9.52 Å². The van der Waals surface area contributed by atoms with Gasteiger partial charge in [-0.25, -0.2) is 4.98 Å². The average Bonchev–Trinajstić information content (AvgIpc) is 3.50. The largest absolute Gasteiger partial charge is 0.507 e. The zero-order chi connectivity index (χ0) is 32.9. The number of furan rings is 1. The lowest BCUT2D eigenvalue weighted by atomic mass is 9.97. The van der Waals surface area contributed by atoms with Gasteiger partial charge in [0.25, 0.3) is 0 Å². The molecule has 0 aliphatic rings. The molecule has 232 valence electrons. The molecule has 0 radical (unpaired) electrons. The van der Waals surface area contributed by atoms with E-state index in [1.54, 1.807) is 6.07 Å². The number of benzene rings is 6. The Balaban J connectivity index is 1.12. The Hall–Kier alpha value is -6.52. The van der Waals surface area contributed by atoms with Crippen LogP contribution in [0, 0.1) is 6.92 Å². The molecule has 0 fully saturated rings. The molecular formula is C45H30N2O2. The summed E-state index contributed by atoms with van der Waals surface area (Å²) in [4.78, 5) is 10.0. The minimum atomic E-state index is 0.200. The number of pyridine rings is 2. The van der Waals surface area contributed by atoms with Gasteiger partial charge in [0, 0.05) is 33.2 Å². The number of phenols is 1. The second kappa shape index (κ2) is 11.6. The van der Waals surface area contributed by atoms with Crippen LogP contribution in [0.4, 0.5) is 0 Å². The third-order valence-corrected chi connectivity index (χ3v) is 9.19. The summed E-state index contributed by atoms with van der Waals surface area (Å²) in [6, 6.07) is 53.5. The minimum absolute atomic E-state index is 0.200. The molecule has 9 rings (SSSR count). The van der Waals surface area contributed by atoms with Crippen molar-refractivity contribution in [1.82, 2.24) is 9.97 Å². The topological polar surface area (TPSA) is 59.2 Å². The van der Waals surface area contributed by atoms with Crippen LogP contribution in [0.15, 0.2) is 162 Å². The van der Waals surface area contributed by atoms with Gasteiger partial charge in [0.15, 0.2) is 0 Å². The van der Waals surface area contributed by atoms with E-state index in [0.717, 1.165) is 72.4 Å². The Kier molecular flexibility index (Phi) is 6.80. The van der Waals surface area contributed by atoms with Gasteiger partial charge in [-0.2, -0.15) is 0 Å². The van der Waals surface area contributed by atoms with Gasteiger partial charge in [-0.1, -0.05) is 91.0 Å². The van der Waals surface area contributed by atoms with Crippen LogP contribution in [-0.4, -0.2) is 15.1 Å². The van der Waals surface area contributed by atoms with Gasteiger partial charge in [-0.15, -0.1) is 0 Å². The highest BCUT2D eigenvalue weighted by atomic mass is 16.3. The quantitative estimate of drug-likeness (QED) is 0.206. The highest BCUT2D eigenvalue weighted by molar-refractivity contribution is 6.10. The Morgan fingerprint density at radius 1 is 0.429 bits per heavy atom. The molecule has 4 nitrogen and oxygen atoms in total. The van der Waals surface area contributed by atoms with Gasteiger partial charge in [0.1, 0.15) is 16.9 Å². The van der Waals surface area contributed by atoms with Gasteiger partial charge in [-0.05, 0) is 107 Å². The van der Waals surface area contributed by atoms with Gasteiger partial charge >= 0.3 is 0 Å². The molecule has 0 aliphatic heterocycles. The molecule has 49 heavy (non-hydrogen) atoms. The fourth-order valence-corrected chi connectivity index (χ4v) is 6.77. The van der Waals surface area contributed by atoms with Crippen LogP contribution in [0.2, 0.25) is 0 Å². The second-order valence-corrected chi connectivity index (χ2v) is 12.5. The van der Waals surface area contributed by atoms with E-state index in [1.807, 2.05) is 49.4 Å². The minimum Gasteiger partial charge on any atom is -0.507 e. The molecule has 0 amide bonds. The van der Waals surface area contributed by atoms with Crippen molar-refractivity contribution in [3.8, 4) is 61.8 Å². The van der Waals surface area contributed by atoms with Crippen molar-refractivity contribution in [3.63, 3.8) is 0 Å². The summed E-state index contributed by atoms with van der Waals surface area (Å²) in [5.41, 5.74) is 12.0. The number of nitrogens with zero attached hydrogens (tertiary/aromatic N) is 2. The molecule has 9 aromatic rings. The van der Waals surface area contributed by atoms with Crippen molar-refractivity contribution in [3.05, 3.63) is 163 Å². The van der Waals surface area contributed by atoms with E-state index in [-0.39, 0.29) is 5.75 Å². The zero-order valence-electron chi connectivity index (χ0n) is 26.8. The van der Waals surface area contributed by atoms with Crippen LogP contribution in [0.25, 0.3) is 88.7 Å². The average molecular weight is 631 g/mol. The number of hydrogen-bond acceptors (Lipinski definition) is 4. The zero-order valence-corrected chi connectivity index (χ0v) is 26.8. The Morgan fingerprint density at radius 2 is 1.06 bits per heavy atom. The van der Waals surface area contributed by atoms with Crippen LogP contribution >= 0.6 is 0 Å². The standard InChI is InChI=1S/C45H30N2O2/c1-28-20-35(32-18-19-37-39-22-30-12-5-6-13-31(30)26-45(39)49-44(37)27-32)23-40(46-28)33-14-9-15-34(21-33)41-24-36(29-10-3-2-4-11-29)25-42(47-41)38-16-7-8-17-43(38)48/h2-27,48H,1H3. The number of para-hydroxylation sites is 1. The lowest BCUT2D eigenvalue weighted by molar-refractivity contribution is 0.477. The summed E-state index contributed by atoms with van der Waals surface area (Å²) in [5.74, 6) is 0.200. The number of aryl methyl sites for hydroxylation is 1. The molecule has 3 heterocycles. The van der Waals surface area contributed by atoms with Crippen LogP contribution in [0.1, 0.15) is 5.69 Å². The summed E-state index contributed by atoms with van der Waals surface area (Å²) >= 11 is 0. The monoisotopic (exact) mass is 630 g/mol. The summed E-state index contributed by atoms with van der Waals surface area (Å²) in [7, 11) is 0. The number of phenolic OH excluding ortho intramolecular Hbond substituents is 1. The summed E-state index contributed by atoms with van der Waals surface area (Å²) < 4.78 is 6.38. The van der Waals surface area contributed by atoms with E-state index in [4.69, 9.17) is 14.4 Å². The van der Waals surface area contributed by atoms with E-state index in [9.17, 15) is 5.11 Å². The molecule has 0 bridgehead atoms. The molecule has 0 unspecified atom stereocenters. The van der Waals surface area contributed by atoms with E-state index >= 15 is 0 Å². The van der Waals surface area contributed by atoms with Crippen molar-refractivity contribution in [1.29, 1.82) is 0 Å². The van der Waals surface area contributed by atoms with Crippen molar-refractivity contribution >= 4 is 32.7 Å². The normalized spacial score (nSPS) is 11.4. The van der Waals surface area contributed by atoms with E-state index in [1.165, 1.54) is 10.8 Å². The lowest BCUT2D eigenvalue weighted by Gasteiger charge is -2.12. The SMILES string of the molecule is Cc1cc(-c2ccc3c(c2)oc2cc4ccccc4cc23)cc(-c2cccc(-c3cc(-c4ccccc4)cc(-c4ccccc4O)n3)c2)n1. The number of fused-ring (bicyclic) bond motifs is 4. The molecule has 6 aromatic carbocycles. The van der Waals surface area contributed by atoms with Gasteiger partial charge in [0.05, 0.1) is 17.1 Å². The molecule has 4 heteroatoms. The maximum Gasteiger partial charge on any atom is 0.136 e. The highest BCUT2D eigenvalue weighted by Crippen LogP contribution is 2.37. The Morgan fingerprint density at radius 3 is 1.86 bits per heavy atom. The number of aromatic hydroxyl groups is 1. The fraction of sp³-hybridized carbons (Fsp3) is 0.0222. The van der Waals surface area contributed by atoms with Crippen molar-refractivity contribution in [2.24, 2.45) is 0 Å². The van der Waals surface area contributed by atoms with Crippen LogP contribution in [0.3, 0.4) is 0 Å². The third-order valence-electron chi connectivity index (χ3n) is 9.19. The molecule has 0 saturated heterocycles. The molecular weight excluding hydrogens is 601 g/mol. The molecule has 3 aromatic heterocycles. The smallest absolute Gasteiger partial charge is 0.136 e. The Bertz CT molecular complexity index is 2690. The van der Waals surface area contributed by atoms with Gasteiger partial charge < -0.3 is 9.52 Å². The second-order valence-electron chi connectivity index (χ2n) is 12.5. The van der Waals surface area contributed by atoms with E-state index in [0.29, 0.717) is 11.3 Å². The number of hydrogen-bond donors (Lipinski definition) is 1. The molecule has 0 atom stereocenters. The van der Waals surface area contributed by atoms with E-state index in [2.05, 4.69) is 109 Å². The fourth-order valence-electron chi connectivity index (χ4n) is 6.77. The van der Waals surface area contributed by atoms with Gasteiger partial charge in [0.2, 0.25) is 0 Å². The predicted octanol–water partition coefficient (Wildman–Crippen LogP) is 11.9. The Labute approximate surface area is 283 Å². The molecule has 0 saturated carbocycles. The molecule has 1 N–H and O–H groups in total. The maximum absolute atomic E-state index is 10.7. The van der Waals surface area contributed by atoms with Crippen LogP contribution in [0.5, 0.6) is 5.75 Å². The number of rotatable bonds is 5. The maximum atomic E-state index is 10.7.